The van der Waals surface area contributed by atoms with Crippen LogP contribution >= 0.6 is 11.3 Å². The van der Waals surface area contributed by atoms with Crippen molar-refractivity contribution in [1.29, 1.82) is 0 Å². The number of hydrogen-bond acceptors (Lipinski definition) is 4. The van der Waals surface area contributed by atoms with Gasteiger partial charge in [0.2, 0.25) is 0 Å². The fraction of sp³-hybridized carbons (Fsp3) is 0.727. The van der Waals surface area contributed by atoms with Gasteiger partial charge >= 0.3 is 0 Å². The van der Waals surface area contributed by atoms with Crippen molar-refractivity contribution in [2.75, 3.05) is 26.3 Å². The number of nitrogens with one attached hydrogen (secondary N) is 1. The van der Waals surface area contributed by atoms with Gasteiger partial charge in [0.15, 0.2) is 0 Å². The summed E-state index contributed by atoms with van der Waals surface area (Å²) < 4.78 is 5.25. The van der Waals surface area contributed by atoms with E-state index in [4.69, 9.17) is 4.74 Å². The maximum absolute atomic E-state index is 5.25. The molecular weight excluding hydrogens is 208 g/mol. The Morgan fingerprint density at radius 3 is 3.00 bits per heavy atom. The van der Waals surface area contributed by atoms with Gasteiger partial charge in [-0.1, -0.05) is 0 Å². The van der Waals surface area contributed by atoms with Gasteiger partial charge in [-0.25, -0.2) is 4.98 Å². The first kappa shape index (κ1) is 12.6. The first-order valence-electron chi connectivity index (χ1n) is 5.52. The topological polar surface area (TPSA) is 34.1 Å². The number of rotatable bonds is 8. The van der Waals surface area contributed by atoms with E-state index in [-0.39, 0.29) is 0 Å². The predicted molar refractivity (Wildman–Crippen MR) is 64.5 cm³/mol. The summed E-state index contributed by atoms with van der Waals surface area (Å²) in [4.78, 5) is 4.41. The summed E-state index contributed by atoms with van der Waals surface area (Å²) in [6, 6.07) is 0. The van der Waals surface area contributed by atoms with E-state index in [0.717, 1.165) is 44.8 Å². The number of hydrogen-bond donors (Lipinski definition) is 1. The Morgan fingerprint density at radius 1 is 1.47 bits per heavy atom. The number of aromatic nitrogens is 1. The molecule has 0 aliphatic carbocycles. The number of nitrogens with zero attached hydrogens (tertiary/aromatic N) is 1. The lowest BCUT2D eigenvalue weighted by Crippen LogP contribution is -2.19. The van der Waals surface area contributed by atoms with Gasteiger partial charge in [-0.3, -0.25) is 0 Å². The second-order valence-corrected chi connectivity index (χ2v) is 4.38. The molecule has 0 aliphatic rings. The molecule has 0 atom stereocenters. The number of thiazole rings is 1. The van der Waals surface area contributed by atoms with Gasteiger partial charge in [0.1, 0.15) is 0 Å². The average Bonchev–Trinajstić information content (AvgIpc) is 2.63. The van der Waals surface area contributed by atoms with E-state index in [2.05, 4.69) is 15.7 Å². The average molecular weight is 228 g/mol. The zero-order valence-corrected chi connectivity index (χ0v) is 10.4. The van der Waals surface area contributed by atoms with E-state index in [1.165, 1.54) is 5.01 Å². The first-order valence-corrected chi connectivity index (χ1v) is 6.40. The molecule has 1 N–H and O–H groups in total. The van der Waals surface area contributed by atoms with Gasteiger partial charge in [-0.05, 0) is 26.8 Å². The first-order chi connectivity index (χ1) is 7.33. The summed E-state index contributed by atoms with van der Waals surface area (Å²) in [6.07, 6.45) is 2.12. The van der Waals surface area contributed by atoms with Gasteiger partial charge in [-0.15, -0.1) is 11.3 Å². The lowest BCUT2D eigenvalue weighted by molar-refractivity contribution is 0.145. The molecule has 0 fully saturated rings. The van der Waals surface area contributed by atoms with Crippen molar-refractivity contribution in [3.05, 3.63) is 16.1 Å². The zero-order valence-electron chi connectivity index (χ0n) is 9.58. The Kier molecular flexibility index (Phi) is 6.55. The fourth-order valence-corrected chi connectivity index (χ4v) is 2.06. The Balaban J connectivity index is 1.93. The van der Waals surface area contributed by atoms with Crippen LogP contribution in [0.2, 0.25) is 0 Å². The minimum Gasteiger partial charge on any atom is -0.382 e. The van der Waals surface area contributed by atoms with Crippen molar-refractivity contribution in [3.63, 3.8) is 0 Å². The largest absolute Gasteiger partial charge is 0.382 e. The Labute approximate surface area is 95.9 Å². The summed E-state index contributed by atoms with van der Waals surface area (Å²) >= 11 is 1.75. The molecule has 0 spiro atoms. The van der Waals surface area contributed by atoms with Crippen LogP contribution in [0.15, 0.2) is 5.38 Å². The smallest absolute Gasteiger partial charge is 0.0940 e. The number of aryl methyl sites for hydroxylation is 1. The minimum absolute atomic E-state index is 0.818. The van der Waals surface area contributed by atoms with Crippen molar-refractivity contribution in [2.24, 2.45) is 0 Å². The van der Waals surface area contributed by atoms with Gasteiger partial charge < -0.3 is 10.1 Å². The minimum atomic E-state index is 0.818. The molecule has 0 amide bonds. The van der Waals surface area contributed by atoms with E-state index in [1.807, 2.05) is 13.8 Å². The van der Waals surface area contributed by atoms with E-state index < -0.39 is 0 Å². The SMILES string of the molecule is CCOCCCNCCc1nc(C)cs1. The predicted octanol–water partition coefficient (Wildman–Crippen LogP) is 2.01. The monoisotopic (exact) mass is 228 g/mol. The molecule has 1 heterocycles. The van der Waals surface area contributed by atoms with Gasteiger partial charge in [0.05, 0.1) is 5.01 Å². The number of ether oxygens (including phenoxy) is 1. The highest BCUT2D eigenvalue weighted by Gasteiger charge is 1.97. The van der Waals surface area contributed by atoms with Crippen molar-refractivity contribution in [2.45, 2.75) is 26.7 Å². The lowest BCUT2D eigenvalue weighted by Gasteiger charge is -2.03. The Bertz CT molecular complexity index is 263. The van der Waals surface area contributed by atoms with Crippen LogP contribution in [0, 0.1) is 6.92 Å². The second-order valence-electron chi connectivity index (χ2n) is 3.43. The van der Waals surface area contributed by atoms with Gasteiger partial charge in [0.25, 0.3) is 0 Å². The van der Waals surface area contributed by atoms with Crippen molar-refractivity contribution in [1.82, 2.24) is 10.3 Å². The third kappa shape index (κ3) is 5.87. The van der Waals surface area contributed by atoms with Crippen LogP contribution in [0.1, 0.15) is 24.0 Å². The molecule has 1 aromatic heterocycles. The zero-order chi connectivity index (χ0) is 10.9. The van der Waals surface area contributed by atoms with Crippen LogP contribution in [-0.2, 0) is 11.2 Å². The van der Waals surface area contributed by atoms with Crippen LogP contribution in [-0.4, -0.2) is 31.3 Å². The normalized spacial score (nSPS) is 10.8. The van der Waals surface area contributed by atoms with Crippen LogP contribution < -0.4 is 5.32 Å². The van der Waals surface area contributed by atoms with E-state index in [0.29, 0.717) is 0 Å². The third-order valence-corrected chi connectivity index (χ3v) is 3.06. The molecule has 3 nitrogen and oxygen atoms in total. The standard InChI is InChI=1S/C11H20N2OS/c1-3-14-8-4-6-12-7-5-11-13-10(2)9-15-11/h9,12H,3-8H2,1-2H3. The summed E-state index contributed by atoms with van der Waals surface area (Å²) in [5.74, 6) is 0. The summed E-state index contributed by atoms with van der Waals surface area (Å²) in [5, 5.41) is 6.72. The Morgan fingerprint density at radius 2 is 2.33 bits per heavy atom. The molecule has 0 radical (unpaired) electrons. The van der Waals surface area contributed by atoms with Crippen LogP contribution in [0.3, 0.4) is 0 Å². The highest BCUT2D eigenvalue weighted by Crippen LogP contribution is 2.08. The molecule has 0 bridgehead atoms. The summed E-state index contributed by atoms with van der Waals surface area (Å²) in [7, 11) is 0. The third-order valence-electron chi connectivity index (χ3n) is 2.03. The molecule has 0 saturated carbocycles. The van der Waals surface area contributed by atoms with Crippen molar-refractivity contribution in [3.8, 4) is 0 Å². The van der Waals surface area contributed by atoms with Crippen molar-refractivity contribution >= 4 is 11.3 Å². The molecule has 1 rings (SSSR count). The van der Waals surface area contributed by atoms with E-state index in [1.54, 1.807) is 11.3 Å². The molecule has 15 heavy (non-hydrogen) atoms. The molecule has 0 saturated heterocycles. The Hall–Kier alpha value is -0.450. The fourth-order valence-electron chi connectivity index (χ4n) is 1.28. The van der Waals surface area contributed by atoms with Crippen LogP contribution in [0.5, 0.6) is 0 Å². The van der Waals surface area contributed by atoms with Crippen LogP contribution in [0.4, 0.5) is 0 Å². The molecule has 1 aromatic rings. The molecule has 4 heteroatoms. The molecule has 0 aliphatic heterocycles. The summed E-state index contributed by atoms with van der Waals surface area (Å²) in [6.45, 7) is 7.79. The highest BCUT2D eigenvalue weighted by atomic mass is 32.1. The van der Waals surface area contributed by atoms with Crippen LogP contribution in [0.25, 0.3) is 0 Å². The highest BCUT2D eigenvalue weighted by molar-refractivity contribution is 7.09. The molecular formula is C11H20N2OS. The van der Waals surface area contributed by atoms with E-state index >= 15 is 0 Å². The second kappa shape index (κ2) is 7.79. The lowest BCUT2D eigenvalue weighted by atomic mass is 10.4. The maximum atomic E-state index is 5.25. The maximum Gasteiger partial charge on any atom is 0.0940 e. The van der Waals surface area contributed by atoms with Gasteiger partial charge in [-0.2, -0.15) is 0 Å². The summed E-state index contributed by atoms with van der Waals surface area (Å²) in [5.41, 5.74) is 1.13. The van der Waals surface area contributed by atoms with Crippen molar-refractivity contribution < 1.29 is 4.74 Å². The van der Waals surface area contributed by atoms with Gasteiger partial charge in [0, 0.05) is 37.3 Å². The molecule has 0 unspecified atom stereocenters. The molecule has 86 valence electrons. The van der Waals surface area contributed by atoms with E-state index in [9.17, 15) is 0 Å². The quantitative estimate of drug-likeness (QED) is 0.691. The molecule has 0 aromatic carbocycles.